The Morgan fingerprint density at radius 3 is 2.00 bits per heavy atom. The highest BCUT2D eigenvalue weighted by atomic mass is 35.5. The highest BCUT2D eigenvalue weighted by Gasteiger charge is 2.17. The van der Waals surface area contributed by atoms with Crippen molar-refractivity contribution in [3.05, 3.63) is 5.15 Å². The van der Waals surface area contributed by atoms with Crippen LogP contribution in [0.2, 0.25) is 5.15 Å². The molecule has 0 radical (unpaired) electrons. The number of hydrogen-bond donors (Lipinski definition) is 2. The first-order chi connectivity index (χ1) is 15.6. The lowest BCUT2D eigenvalue weighted by atomic mass is 10.4. The van der Waals surface area contributed by atoms with E-state index in [9.17, 15) is 4.21 Å². The van der Waals surface area contributed by atoms with E-state index in [2.05, 4.69) is 40.4 Å². The van der Waals surface area contributed by atoms with E-state index in [0.717, 1.165) is 65.7 Å². The van der Waals surface area contributed by atoms with Gasteiger partial charge in [-0.05, 0) is 0 Å². The van der Waals surface area contributed by atoms with E-state index in [0.29, 0.717) is 35.9 Å². The lowest BCUT2D eigenvalue weighted by Gasteiger charge is -2.26. The molecule has 1 unspecified atom stereocenters. The average molecular weight is 485 g/mol. The first kappa shape index (κ1) is 23.5. The molecule has 4 heterocycles. The summed E-state index contributed by atoms with van der Waals surface area (Å²) in [6.45, 7) is 9.65. The van der Waals surface area contributed by atoms with Crippen LogP contribution in [0, 0.1) is 0 Å². The number of morpholine rings is 2. The third-order valence-electron chi connectivity index (χ3n) is 5.37. The molecule has 2 fully saturated rings. The van der Waals surface area contributed by atoms with E-state index in [1.807, 2.05) is 0 Å². The molecule has 2 aromatic heterocycles. The summed E-state index contributed by atoms with van der Waals surface area (Å²) in [5.74, 6) is 0.945. The zero-order valence-corrected chi connectivity index (χ0v) is 19.8. The van der Waals surface area contributed by atoms with Crippen molar-refractivity contribution in [1.82, 2.24) is 29.7 Å². The van der Waals surface area contributed by atoms with Gasteiger partial charge in [-0.2, -0.15) is 4.98 Å². The molecule has 0 saturated carbocycles. The zero-order valence-electron chi connectivity index (χ0n) is 18.2. The lowest BCUT2D eigenvalue weighted by Crippen LogP contribution is -2.39. The fourth-order valence-electron chi connectivity index (χ4n) is 3.59. The van der Waals surface area contributed by atoms with Gasteiger partial charge in [-0.15, -0.1) is 0 Å². The third-order valence-corrected chi connectivity index (χ3v) is 6.33. The molecule has 32 heavy (non-hydrogen) atoms. The third kappa shape index (κ3) is 6.21. The molecule has 0 aromatic carbocycles. The summed E-state index contributed by atoms with van der Waals surface area (Å²) < 4.78 is 22.9. The monoisotopic (exact) mass is 484 g/mol. The van der Waals surface area contributed by atoms with Gasteiger partial charge >= 0.3 is 0 Å². The molecule has 1 atom stereocenters. The fraction of sp³-hybridized carbons (Fsp3) is 0.684. The van der Waals surface area contributed by atoms with Gasteiger partial charge in [-0.25, -0.2) is 15.0 Å². The minimum absolute atomic E-state index is 0.210. The van der Waals surface area contributed by atoms with Gasteiger partial charge < -0.3 is 20.1 Å². The van der Waals surface area contributed by atoms with E-state index < -0.39 is 10.8 Å². The van der Waals surface area contributed by atoms with Crippen LogP contribution in [-0.4, -0.2) is 119 Å². The maximum Gasteiger partial charge on any atom is 0.222 e. The molecule has 2 N–H and O–H groups in total. The van der Waals surface area contributed by atoms with E-state index in [4.69, 9.17) is 21.1 Å². The van der Waals surface area contributed by atoms with Crippen LogP contribution in [0.5, 0.6) is 0 Å². The van der Waals surface area contributed by atoms with Crippen molar-refractivity contribution in [2.75, 3.05) is 95.7 Å². The second-order valence-corrected chi connectivity index (χ2v) is 9.24. The maximum atomic E-state index is 12.1. The van der Waals surface area contributed by atoms with E-state index >= 15 is 0 Å². The predicted octanol–water partition coefficient (Wildman–Crippen LogP) is 0.299. The molecule has 11 nitrogen and oxygen atoms in total. The molecule has 2 saturated heterocycles. The molecular formula is C19H29ClN8O3S. The summed E-state index contributed by atoms with van der Waals surface area (Å²) in [5.41, 5.74) is 0.822. The lowest BCUT2D eigenvalue weighted by molar-refractivity contribution is 0.0398. The topological polar surface area (TPSA) is 118 Å². The number of ether oxygens (including phenoxy) is 2. The molecule has 4 rings (SSSR count). The van der Waals surface area contributed by atoms with Crippen LogP contribution in [-0.2, 0) is 20.3 Å². The van der Waals surface area contributed by atoms with Crippen molar-refractivity contribution in [2.24, 2.45) is 0 Å². The normalized spacial score (nSPS) is 19.2. The highest BCUT2D eigenvalue weighted by molar-refractivity contribution is 7.84. The molecule has 2 aliphatic rings. The number of nitrogens with one attached hydrogen (secondary N) is 2. The number of hydrogen-bond acceptors (Lipinski definition) is 11. The SMILES string of the molecule is CS(=O)c1nc(NCCN2CCOCC2)c2nc(Cl)c(NCCN3CCOCC3)nc2n1. The number of rotatable bonds is 9. The van der Waals surface area contributed by atoms with Gasteiger partial charge in [0.05, 0.1) is 37.2 Å². The summed E-state index contributed by atoms with van der Waals surface area (Å²) >= 11 is 6.42. The standard InChI is InChI=1S/C19H29ClN8O3S/c1-32(29)19-25-16(21-2-4-27-6-10-30-11-7-27)14-17(26-19)24-18(15(20)23-14)22-3-5-28-8-12-31-13-9-28/h2-13H2,1H3,(H2,21,22,24,25,26). The van der Waals surface area contributed by atoms with Gasteiger partial charge in [0.15, 0.2) is 28.0 Å². The molecule has 0 aliphatic carbocycles. The van der Waals surface area contributed by atoms with Crippen molar-refractivity contribution in [3.8, 4) is 0 Å². The smallest absolute Gasteiger partial charge is 0.222 e. The molecule has 0 bridgehead atoms. The van der Waals surface area contributed by atoms with E-state index in [1.165, 1.54) is 0 Å². The fourth-order valence-corrected chi connectivity index (χ4v) is 4.21. The van der Waals surface area contributed by atoms with Crippen LogP contribution in [0.25, 0.3) is 11.2 Å². The molecule has 2 aromatic rings. The van der Waals surface area contributed by atoms with Crippen LogP contribution < -0.4 is 10.6 Å². The Morgan fingerprint density at radius 1 is 0.875 bits per heavy atom. The minimum atomic E-state index is -1.35. The Balaban J connectivity index is 1.47. The summed E-state index contributed by atoms with van der Waals surface area (Å²) in [5, 5.41) is 7.00. The molecule has 2 aliphatic heterocycles. The van der Waals surface area contributed by atoms with E-state index in [-0.39, 0.29) is 10.3 Å². The number of nitrogens with zero attached hydrogens (tertiary/aromatic N) is 6. The molecule has 176 valence electrons. The highest BCUT2D eigenvalue weighted by Crippen LogP contribution is 2.25. The van der Waals surface area contributed by atoms with Gasteiger partial charge in [-0.1, -0.05) is 11.6 Å². The second kappa shape index (κ2) is 11.4. The predicted molar refractivity (Wildman–Crippen MR) is 124 cm³/mol. The Hall–Kier alpha value is -1.70. The van der Waals surface area contributed by atoms with Gasteiger partial charge in [0.2, 0.25) is 5.16 Å². The molecule has 0 spiro atoms. The number of anilines is 2. The number of halogens is 1. The average Bonchev–Trinajstić information content (AvgIpc) is 2.81. The summed E-state index contributed by atoms with van der Waals surface area (Å²) in [6, 6.07) is 0. The van der Waals surface area contributed by atoms with Gasteiger partial charge in [0.25, 0.3) is 0 Å². The van der Waals surface area contributed by atoms with Gasteiger partial charge in [-0.3, -0.25) is 14.0 Å². The number of aromatic nitrogens is 4. The Bertz CT molecular complexity index is 940. The summed E-state index contributed by atoms with van der Waals surface area (Å²) in [6.07, 6.45) is 1.55. The maximum absolute atomic E-state index is 12.1. The van der Waals surface area contributed by atoms with Crippen molar-refractivity contribution >= 4 is 45.2 Å². The molecule has 13 heteroatoms. The van der Waals surface area contributed by atoms with Crippen LogP contribution in [0.4, 0.5) is 11.6 Å². The van der Waals surface area contributed by atoms with E-state index in [1.54, 1.807) is 6.26 Å². The molecule has 0 amide bonds. The zero-order chi connectivity index (χ0) is 22.3. The first-order valence-electron chi connectivity index (χ1n) is 10.8. The van der Waals surface area contributed by atoms with Crippen LogP contribution in [0.3, 0.4) is 0 Å². The quantitative estimate of drug-likeness (QED) is 0.478. The summed E-state index contributed by atoms with van der Waals surface area (Å²) in [4.78, 5) is 22.4. The minimum Gasteiger partial charge on any atom is -0.379 e. The Morgan fingerprint density at radius 2 is 1.44 bits per heavy atom. The largest absolute Gasteiger partial charge is 0.379 e. The molecular weight excluding hydrogens is 456 g/mol. The number of fused-ring (bicyclic) bond motifs is 1. The summed E-state index contributed by atoms with van der Waals surface area (Å²) in [7, 11) is -1.35. The second-order valence-electron chi connectivity index (χ2n) is 7.61. The van der Waals surface area contributed by atoms with Crippen LogP contribution >= 0.6 is 11.6 Å². The van der Waals surface area contributed by atoms with Crippen molar-refractivity contribution < 1.29 is 13.7 Å². The van der Waals surface area contributed by atoms with Crippen molar-refractivity contribution in [1.29, 1.82) is 0 Å². The van der Waals surface area contributed by atoms with Gasteiger partial charge in [0, 0.05) is 58.6 Å². The van der Waals surface area contributed by atoms with Gasteiger partial charge in [0.1, 0.15) is 0 Å². The Kier molecular flexibility index (Phi) is 8.38. The Labute approximate surface area is 194 Å². The van der Waals surface area contributed by atoms with Crippen molar-refractivity contribution in [3.63, 3.8) is 0 Å². The van der Waals surface area contributed by atoms with Crippen LogP contribution in [0.1, 0.15) is 0 Å². The first-order valence-corrected chi connectivity index (χ1v) is 12.7. The van der Waals surface area contributed by atoms with Crippen molar-refractivity contribution in [2.45, 2.75) is 5.16 Å². The van der Waals surface area contributed by atoms with Crippen LogP contribution in [0.15, 0.2) is 5.16 Å².